The number of carboxylic acid groups (broad SMARTS) is 1. The molecule has 2 N–H and O–H groups in total. The van der Waals surface area contributed by atoms with Crippen LogP contribution >= 0.6 is 0 Å². The number of rotatable bonds is 3. The van der Waals surface area contributed by atoms with Crippen molar-refractivity contribution in [3.8, 4) is 0 Å². The van der Waals surface area contributed by atoms with E-state index >= 15 is 0 Å². The zero-order chi connectivity index (χ0) is 12.3. The Hall–Kier alpha value is -1.84. The lowest BCUT2D eigenvalue weighted by Gasteiger charge is -2.16. The van der Waals surface area contributed by atoms with Gasteiger partial charge < -0.3 is 10.4 Å². The van der Waals surface area contributed by atoms with Crippen LogP contribution in [0.1, 0.15) is 34.3 Å². The Morgan fingerprint density at radius 2 is 1.88 bits per heavy atom. The smallest absolute Gasteiger partial charge is 0.322 e. The minimum atomic E-state index is -1.03. The second kappa shape index (κ2) is 4.99. The molecule has 0 heterocycles. The molecule has 0 radical (unpaired) electrons. The lowest BCUT2D eigenvalue weighted by molar-refractivity contribution is -0.135. The zero-order valence-electron chi connectivity index (χ0n) is 9.53. The average molecular weight is 233 g/mol. The van der Waals surface area contributed by atoms with Crippen LogP contribution in [0, 0.1) is 0 Å². The lowest BCUT2D eigenvalue weighted by Crippen LogP contribution is -2.29. The van der Waals surface area contributed by atoms with E-state index in [1.54, 1.807) is 6.07 Å². The van der Waals surface area contributed by atoms with E-state index in [0.29, 0.717) is 5.56 Å². The Morgan fingerprint density at radius 1 is 1.18 bits per heavy atom. The number of amides is 1. The second-order valence-corrected chi connectivity index (χ2v) is 4.27. The number of aryl methyl sites for hydroxylation is 2. The van der Waals surface area contributed by atoms with Crippen molar-refractivity contribution >= 4 is 11.9 Å². The van der Waals surface area contributed by atoms with E-state index in [9.17, 15) is 9.59 Å². The minimum Gasteiger partial charge on any atom is -0.480 e. The quantitative estimate of drug-likeness (QED) is 0.828. The van der Waals surface area contributed by atoms with Gasteiger partial charge in [0.2, 0.25) is 0 Å². The number of carboxylic acids is 1. The van der Waals surface area contributed by atoms with Crippen LogP contribution in [0.3, 0.4) is 0 Å². The summed E-state index contributed by atoms with van der Waals surface area (Å²) in [6, 6.07) is 5.62. The summed E-state index contributed by atoms with van der Waals surface area (Å²) in [5, 5.41) is 10.9. The van der Waals surface area contributed by atoms with Gasteiger partial charge in [0.05, 0.1) is 0 Å². The topological polar surface area (TPSA) is 66.4 Å². The van der Waals surface area contributed by atoms with Crippen LogP contribution in [0.2, 0.25) is 0 Å². The third-order valence-electron chi connectivity index (χ3n) is 3.01. The highest BCUT2D eigenvalue weighted by atomic mass is 16.4. The third-order valence-corrected chi connectivity index (χ3v) is 3.01. The SMILES string of the molecule is O=C(O)CNC(=O)c1ccc2c(c1)CCCC2. The van der Waals surface area contributed by atoms with Gasteiger partial charge in [-0.1, -0.05) is 6.07 Å². The summed E-state index contributed by atoms with van der Waals surface area (Å²) in [4.78, 5) is 22.0. The zero-order valence-corrected chi connectivity index (χ0v) is 9.53. The monoisotopic (exact) mass is 233 g/mol. The molecule has 0 bridgehead atoms. The molecule has 0 aliphatic heterocycles. The molecule has 1 aromatic carbocycles. The van der Waals surface area contributed by atoms with Gasteiger partial charge in [0.1, 0.15) is 6.54 Å². The summed E-state index contributed by atoms with van der Waals surface area (Å²) in [6.45, 7) is -0.337. The molecule has 1 amide bonds. The number of benzene rings is 1. The maximum atomic E-state index is 11.7. The van der Waals surface area contributed by atoms with E-state index in [-0.39, 0.29) is 12.5 Å². The van der Waals surface area contributed by atoms with Crippen LogP contribution < -0.4 is 5.32 Å². The minimum absolute atomic E-state index is 0.319. The molecular weight excluding hydrogens is 218 g/mol. The number of carbonyl (C=O) groups is 2. The number of fused-ring (bicyclic) bond motifs is 1. The summed E-state index contributed by atoms with van der Waals surface area (Å²) < 4.78 is 0. The molecule has 4 heteroatoms. The van der Waals surface area contributed by atoms with Gasteiger partial charge in [-0.2, -0.15) is 0 Å². The van der Waals surface area contributed by atoms with Gasteiger partial charge in [-0.15, -0.1) is 0 Å². The molecule has 0 saturated carbocycles. The molecule has 0 aromatic heterocycles. The first-order chi connectivity index (χ1) is 8.16. The predicted octanol–water partition coefficient (Wildman–Crippen LogP) is 1.38. The van der Waals surface area contributed by atoms with Gasteiger partial charge in [0.15, 0.2) is 0 Å². The highest BCUT2D eigenvalue weighted by Gasteiger charge is 2.13. The molecule has 1 aliphatic rings. The van der Waals surface area contributed by atoms with E-state index in [1.807, 2.05) is 12.1 Å². The molecule has 17 heavy (non-hydrogen) atoms. The molecule has 1 aliphatic carbocycles. The molecule has 1 aromatic rings. The van der Waals surface area contributed by atoms with Gasteiger partial charge in [-0.25, -0.2) is 0 Å². The Balaban J connectivity index is 2.11. The maximum Gasteiger partial charge on any atom is 0.322 e. The van der Waals surface area contributed by atoms with Gasteiger partial charge in [0, 0.05) is 5.56 Å². The van der Waals surface area contributed by atoms with E-state index in [4.69, 9.17) is 5.11 Å². The molecule has 2 rings (SSSR count). The van der Waals surface area contributed by atoms with Crippen LogP contribution in [-0.2, 0) is 17.6 Å². The van der Waals surface area contributed by atoms with Gasteiger partial charge in [-0.05, 0) is 48.9 Å². The summed E-state index contributed by atoms with van der Waals surface area (Å²) >= 11 is 0. The molecule has 0 saturated heterocycles. The van der Waals surface area contributed by atoms with Crippen LogP contribution in [-0.4, -0.2) is 23.5 Å². The van der Waals surface area contributed by atoms with Crippen molar-refractivity contribution in [2.24, 2.45) is 0 Å². The van der Waals surface area contributed by atoms with Crippen molar-refractivity contribution in [3.05, 3.63) is 34.9 Å². The molecule has 0 fully saturated rings. The lowest BCUT2D eigenvalue weighted by atomic mass is 9.90. The number of hydrogen-bond acceptors (Lipinski definition) is 2. The first-order valence-electron chi connectivity index (χ1n) is 5.78. The molecule has 4 nitrogen and oxygen atoms in total. The summed E-state index contributed by atoms with van der Waals surface area (Å²) in [7, 11) is 0. The summed E-state index contributed by atoms with van der Waals surface area (Å²) in [5.74, 6) is -1.35. The van der Waals surface area contributed by atoms with Crippen LogP contribution in [0.15, 0.2) is 18.2 Å². The third kappa shape index (κ3) is 2.84. The highest BCUT2D eigenvalue weighted by molar-refractivity contribution is 5.96. The van der Waals surface area contributed by atoms with Crippen molar-refractivity contribution < 1.29 is 14.7 Å². The van der Waals surface area contributed by atoms with Crippen molar-refractivity contribution in [3.63, 3.8) is 0 Å². The number of hydrogen-bond donors (Lipinski definition) is 2. The summed E-state index contributed by atoms with van der Waals surface area (Å²) in [5.41, 5.74) is 3.08. The van der Waals surface area contributed by atoms with Crippen LogP contribution in [0.4, 0.5) is 0 Å². The molecular formula is C13H15NO3. The Bertz CT molecular complexity index is 454. The van der Waals surface area contributed by atoms with E-state index in [2.05, 4.69) is 5.32 Å². The van der Waals surface area contributed by atoms with Gasteiger partial charge in [-0.3, -0.25) is 9.59 Å². The normalized spacial score (nSPS) is 13.9. The molecule has 0 unspecified atom stereocenters. The fraction of sp³-hybridized carbons (Fsp3) is 0.385. The van der Waals surface area contributed by atoms with Crippen molar-refractivity contribution in [1.82, 2.24) is 5.32 Å². The molecule has 0 atom stereocenters. The Labute approximate surface area is 99.6 Å². The largest absolute Gasteiger partial charge is 0.480 e. The Morgan fingerprint density at radius 3 is 2.59 bits per heavy atom. The summed E-state index contributed by atoms with van der Waals surface area (Å²) in [6.07, 6.45) is 4.45. The first-order valence-corrected chi connectivity index (χ1v) is 5.78. The van der Waals surface area contributed by atoms with Crippen LogP contribution in [0.5, 0.6) is 0 Å². The number of carbonyl (C=O) groups excluding carboxylic acids is 1. The fourth-order valence-electron chi connectivity index (χ4n) is 2.13. The standard InChI is InChI=1S/C13H15NO3/c15-12(16)8-14-13(17)11-6-5-9-3-1-2-4-10(9)7-11/h5-7H,1-4,8H2,(H,14,17)(H,15,16). The van der Waals surface area contributed by atoms with Crippen molar-refractivity contribution in [1.29, 1.82) is 0 Å². The van der Waals surface area contributed by atoms with Gasteiger partial charge >= 0.3 is 5.97 Å². The molecule has 0 spiro atoms. The number of nitrogens with one attached hydrogen (secondary N) is 1. The van der Waals surface area contributed by atoms with Crippen molar-refractivity contribution in [2.75, 3.05) is 6.54 Å². The van der Waals surface area contributed by atoms with E-state index < -0.39 is 5.97 Å². The second-order valence-electron chi connectivity index (χ2n) is 4.27. The average Bonchev–Trinajstić information content (AvgIpc) is 2.35. The highest BCUT2D eigenvalue weighted by Crippen LogP contribution is 2.22. The number of aliphatic carboxylic acids is 1. The van der Waals surface area contributed by atoms with Gasteiger partial charge in [0.25, 0.3) is 5.91 Å². The molecule has 90 valence electrons. The van der Waals surface area contributed by atoms with Crippen LogP contribution in [0.25, 0.3) is 0 Å². The first kappa shape index (κ1) is 11.6. The predicted molar refractivity (Wildman–Crippen MR) is 63.1 cm³/mol. The van der Waals surface area contributed by atoms with Crippen molar-refractivity contribution in [2.45, 2.75) is 25.7 Å². The maximum absolute atomic E-state index is 11.7. The van der Waals surface area contributed by atoms with E-state index in [1.165, 1.54) is 17.5 Å². The fourth-order valence-corrected chi connectivity index (χ4v) is 2.13. The van der Waals surface area contributed by atoms with E-state index in [0.717, 1.165) is 19.3 Å². The Kier molecular flexibility index (Phi) is 3.42.